The van der Waals surface area contributed by atoms with E-state index in [2.05, 4.69) is 33.4 Å². The van der Waals surface area contributed by atoms with Gasteiger partial charge in [0.1, 0.15) is 5.76 Å². The van der Waals surface area contributed by atoms with Gasteiger partial charge in [-0.15, -0.1) is 0 Å². The maximum absolute atomic E-state index is 12.6. The summed E-state index contributed by atoms with van der Waals surface area (Å²) in [7, 11) is -3.31. The molecular formula is C20H28N4O4S. The molecule has 0 aromatic rings. The van der Waals surface area contributed by atoms with Gasteiger partial charge in [0, 0.05) is 31.9 Å². The Morgan fingerprint density at radius 3 is 3.00 bits per heavy atom. The summed E-state index contributed by atoms with van der Waals surface area (Å²) in [5, 5.41) is 2.94. The van der Waals surface area contributed by atoms with Gasteiger partial charge in [-0.3, -0.25) is 4.90 Å². The number of hydrogen-bond donors (Lipinski definition) is 2. The Hall–Kier alpha value is -2.00. The molecular weight excluding hydrogens is 392 g/mol. The summed E-state index contributed by atoms with van der Waals surface area (Å²) in [5.41, 5.74) is 1.72. The number of hydrogen-bond acceptors (Lipinski definition) is 5. The lowest BCUT2D eigenvalue weighted by atomic mass is 9.65. The van der Waals surface area contributed by atoms with Crippen molar-refractivity contribution in [3.63, 3.8) is 0 Å². The first-order valence-electron chi connectivity index (χ1n) is 10.4. The standard InChI is InChI=1S/C20H28N4O4S/c1-29(26,27)22-9-11-24-18(25)21-14-20(24)13-19-8-4-2-6-15(19)12-23-10-5-3-7-16(23)17(19)28-20/h5,10,12,22H,2-4,6-9,11,13-14H2,1H3,(H,21,25). The van der Waals surface area contributed by atoms with Crippen LogP contribution >= 0.6 is 0 Å². The zero-order valence-corrected chi connectivity index (χ0v) is 17.6. The van der Waals surface area contributed by atoms with E-state index in [0.717, 1.165) is 50.5 Å². The van der Waals surface area contributed by atoms with E-state index in [0.29, 0.717) is 6.54 Å². The van der Waals surface area contributed by atoms with Crippen molar-refractivity contribution in [3.05, 3.63) is 35.5 Å². The Morgan fingerprint density at radius 2 is 2.17 bits per heavy atom. The topological polar surface area (TPSA) is 91.0 Å². The molecule has 9 heteroatoms. The predicted octanol–water partition coefficient (Wildman–Crippen LogP) is 1.96. The van der Waals surface area contributed by atoms with Gasteiger partial charge in [0.25, 0.3) is 0 Å². The van der Waals surface area contributed by atoms with Crippen LogP contribution in [-0.4, -0.2) is 55.9 Å². The molecule has 2 spiro atoms. The number of rotatable bonds is 4. The second-order valence-corrected chi connectivity index (χ2v) is 10.6. The highest BCUT2D eigenvalue weighted by atomic mass is 32.2. The number of fused-ring (bicyclic) bond motifs is 1. The van der Waals surface area contributed by atoms with Gasteiger partial charge in [-0.25, -0.2) is 17.9 Å². The summed E-state index contributed by atoms with van der Waals surface area (Å²) in [4.78, 5) is 16.5. The molecule has 2 amide bonds. The number of urea groups is 1. The highest BCUT2D eigenvalue weighted by Crippen LogP contribution is 2.62. The quantitative estimate of drug-likeness (QED) is 0.726. The van der Waals surface area contributed by atoms with Crippen LogP contribution in [0, 0.1) is 5.41 Å². The van der Waals surface area contributed by atoms with E-state index in [-0.39, 0.29) is 24.5 Å². The molecule has 3 fully saturated rings. The molecule has 29 heavy (non-hydrogen) atoms. The van der Waals surface area contributed by atoms with Crippen LogP contribution in [0.4, 0.5) is 4.79 Å². The van der Waals surface area contributed by atoms with Gasteiger partial charge in [0.2, 0.25) is 15.7 Å². The Kier molecular flexibility index (Phi) is 4.26. The van der Waals surface area contributed by atoms with E-state index in [1.54, 1.807) is 4.90 Å². The number of ether oxygens (including phenoxy) is 1. The number of sulfonamides is 1. The summed E-state index contributed by atoms with van der Waals surface area (Å²) in [6.07, 6.45) is 14.8. The van der Waals surface area contributed by atoms with Gasteiger partial charge in [-0.05, 0) is 37.7 Å². The Balaban J connectivity index is 1.50. The van der Waals surface area contributed by atoms with Crippen molar-refractivity contribution < 1.29 is 17.9 Å². The normalized spacial score (nSPS) is 33.3. The minimum absolute atomic E-state index is 0.135. The number of amides is 2. The van der Waals surface area contributed by atoms with E-state index in [4.69, 9.17) is 4.74 Å². The number of carbonyl (C=O) groups excluding carboxylic acids is 1. The second-order valence-electron chi connectivity index (χ2n) is 8.75. The zero-order valence-electron chi connectivity index (χ0n) is 16.7. The maximum Gasteiger partial charge on any atom is 0.320 e. The van der Waals surface area contributed by atoms with Gasteiger partial charge in [0.05, 0.1) is 23.9 Å². The number of allylic oxidation sites excluding steroid dienone is 3. The van der Waals surface area contributed by atoms with Crippen molar-refractivity contribution in [3.8, 4) is 0 Å². The smallest absolute Gasteiger partial charge is 0.320 e. The van der Waals surface area contributed by atoms with Gasteiger partial charge in [-0.1, -0.05) is 12.5 Å². The summed E-state index contributed by atoms with van der Waals surface area (Å²) in [6, 6.07) is -0.192. The number of nitrogens with zero attached hydrogens (tertiary/aromatic N) is 2. The van der Waals surface area contributed by atoms with Crippen LogP contribution in [0.15, 0.2) is 35.5 Å². The van der Waals surface area contributed by atoms with Crippen molar-refractivity contribution in [2.45, 2.75) is 50.7 Å². The first kappa shape index (κ1) is 19.0. The summed E-state index contributed by atoms with van der Waals surface area (Å²) in [6.45, 7) is 0.875. The molecule has 0 aromatic heterocycles. The SMILES string of the molecule is CS(=O)(=O)NCCN1C(=O)NCC12CC13CCCCC1=CN1C=CCCC1=C3O2. The van der Waals surface area contributed by atoms with Gasteiger partial charge < -0.3 is 15.0 Å². The van der Waals surface area contributed by atoms with Crippen molar-refractivity contribution in [1.82, 2.24) is 19.8 Å². The van der Waals surface area contributed by atoms with Gasteiger partial charge in [0.15, 0.2) is 0 Å². The van der Waals surface area contributed by atoms with Gasteiger partial charge in [-0.2, -0.15) is 0 Å². The number of carbonyl (C=O) groups is 1. The van der Waals surface area contributed by atoms with E-state index >= 15 is 0 Å². The second kappa shape index (κ2) is 6.50. The van der Waals surface area contributed by atoms with Gasteiger partial charge >= 0.3 is 6.03 Å². The molecule has 2 N–H and O–H groups in total. The Morgan fingerprint density at radius 1 is 1.31 bits per heavy atom. The molecule has 0 radical (unpaired) electrons. The van der Waals surface area contributed by atoms with Crippen molar-refractivity contribution in [2.75, 3.05) is 25.9 Å². The van der Waals surface area contributed by atoms with Crippen LogP contribution < -0.4 is 10.0 Å². The van der Waals surface area contributed by atoms with Crippen LogP contribution in [0.1, 0.15) is 44.9 Å². The fraction of sp³-hybridized carbons (Fsp3) is 0.650. The summed E-state index contributed by atoms with van der Waals surface area (Å²) >= 11 is 0. The zero-order chi connectivity index (χ0) is 20.3. The summed E-state index contributed by atoms with van der Waals surface area (Å²) in [5.74, 6) is 1.04. The van der Waals surface area contributed by atoms with E-state index in [9.17, 15) is 13.2 Å². The third-order valence-corrected chi connectivity index (χ3v) is 7.58. The lowest BCUT2D eigenvalue weighted by Crippen LogP contribution is -2.50. The van der Waals surface area contributed by atoms with Crippen LogP contribution in [0.25, 0.3) is 0 Å². The number of nitrogens with one attached hydrogen (secondary N) is 2. The molecule has 4 aliphatic heterocycles. The van der Waals surface area contributed by atoms with Crippen molar-refractivity contribution in [2.24, 2.45) is 5.41 Å². The molecule has 2 atom stereocenters. The van der Waals surface area contributed by atoms with Crippen LogP contribution in [0.3, 0.4) is 0 Å². The molecule has 0 aromatic carbocycles. The van der Waals surface area contributed by atoms with Crippen LogP contribution in [0.2, 0.25) is 0 Å². The Labute approximate surface area is 171 Å². The largest absolute Gasteiger partial charge is 0.467 e. The molecule has 1 aliphatic carbocycles. The third-order valence-electron chi connectivity index (χ3n) is 6.85. The average Bonchev–Trinajstić information content (AvgIpc) is 3.17. The molecule has 2 saturated heterocycles. The van der Waals surface area contributed by atoms with E-state index in [1.807, 2.05) is 0 Å². The third kappa shape index (κ3) is 2.97. The molecule has 5 rings (SSSR count). The van der Waals surface area contributed by atoms with E-state index < -0.39 is 15.7 Å². The first-order valence-corrected chi connectivity index (χ1v) is 12.3. The maximum atomic E-state index is 12.6. The monoisotopic (exact) mass is 420 g/mol. The fourth-order valence-electron chi connectivity index (χ4n) is 5.64. The average molecular weight is 421 g/mol. The molecule has 1 saturated carbocycles. The van der Waals surface area contributed by atoms with Crippen molar-refractivity contribution in [1.29, 1.82) is 0 Å². The fourth-order valence-corrected chi connectivity index (χ4v) is 6.10. The van der Waals surface area contributed by atoms with Crippen molar-refractivity contribution >= 4 is 16.1 Å². The van der Waals surface area contributed by atoms with Crippen LogP contribution in [-0.2, 0) is 14.8 Å². The highest BCUT2D eigenvalue weighted by Gasteiger charge is 2.63. The Bertz CT molecular complexity index is 940. The summed E-state index contributed by atoms with van der Waals surface area (Å²) < 4.78 is 32.2. The molecule has 2 unspecified atom stereocenters. The van der Waals surface area contributed by atoms with E-state index in [1.165, 1.54) is 17.7 Å². The highest BCUT2D eigenvalue weighted by molar-refractivity contribution is 7.88. The lowest BCUT2D eigenvalue weighted by molar-refractivity contribution is -0.0495. The lowest BCUT2D eigenvalue weighted by Gasteiger charge is -2.42. The minimum Gasteiger partial charge on any atom is -0.467 e. The first-order chi connectivity index (χ1) is 13.8. The molecule has 158 valence electrons. The predicted molar refractivity (Wildman–Crippen MR) is 108 cm³/mol. The minimum atomic E-state index is -3.31. The molecule has 0 bridgehead atoms. The molecule has 5 aliphatic rings. The molecule has 4 heterocycles. The van der Waals surface area contributed by atoms with Crippen LogP contribution in [0.5, 0.6) is 0 Å². The molecule has 8 nitrogen and oxygen atoms in total.